The van der Waals surface area contributed by atoms with Gasteiger partial charge in [-0.3, -0.25) is 4.84 Å². The van der Waals surface area contributed by atoms with E-state index in [1.807, 2.05) is 7.05 Å². The Labute approximate surface area is 73.6 Å². The minimum Gasteiger partial charge on any atom is -0.315 e. The summed E-state index contributed by atoms with van der Waals surface area (Å²) in [5, 5.41) is 3.13. The van der Waals surface area contributed by atoms with Crippen LogP contribution in [0.3, 0.4) is 0 Å². The maximum Gasteiger partial charge on any atom is 0.136 e. The number of nitrogens with one attached hydrogen (secondary N) is 2. The van der Waals surface area contributed by atoms with Crippen molar-refractivity contribution < 1.29 is 9.63 Å². The van der Waals surface area contributed by atoms with Crippen LogP contribution in [0.5, 0.6) is 0 Å². The van der Waals surface area contributed by atoms with E-state index in [1.54, 1.807) is 0 Å². The van der Waals surface area contributed by atoms with Gasteiger partial charge in [0.2, 0.25) is 0 Å². The zero-order chi connectivity index (χ0) is 9.23. The van der Waals surface area contributed by atoms with Crippen molar-refractivity contribution in [3.05, 3.63) is 0 Å². The Hall–Kier alpha value is -0.450. The summed E-state index contributed by atoms with van der Waals surface area (Å²) in [6.07, 6.45) is 2.98. The first-order valence-electron chi connectivity index (χ1n) is 4.30. The molecule has 4 nitrogen and oxygen atoms in total. The fourth-order valence-corrected chi connectivity index (χ4v) is 0.912. The zero-order valence-electron chi connectivity index (χ0n) is 7.80. The molecule has 0 saturated carbocycles. The fraction of sp³-hybridized carbons (Fsp3) is 0.875. The summed E-state index contributed by atoms with van der Waals surface area (Å²) < 4.78 is 0. The standard InChI is InChI=1S/C8H18N2O2/c1-3-4-8(9-2)7-12-10-5-6-11/h6,8-10H,3-5,7H2,1-2H3/t8-/m0/s1. The molecule has 0 radical (unpaired) electrons. The van der Waals surface area contributed by atoms with Gasteiger partial charge in [0.05, 0.1) is 13.2 Å². The van der Waals surface area contributed by atoms with Crippen molar-refractivity contribution >= 4 is 6.29 Å². The molecule has 0 amide bonds. The highest BCUT2D eigenvalue weighted by Gasteiger charge is 2.03. The van der Waals surface area contributed by atoms with E-state index in [0.29, 0.717) is 12.6 Å². The maximum atomic E-state index is 9.89. The van der Waals surface area contributed by atoms with Crippen LogP contribution in [0.15, 0.2) is 0 Å². The van der Waals surface area contributed by atoms with Gasteiger partial charge in [0.15, 0.2) is 0 Å². The molecule has 72 valence electrons. The third-order valence-corrected chi connectivity index (χ3v) is 1.60. The van der Waals surface area contributed by atoms with Crippen LogP contribution >= 0.6 is 0 Å². The highest BCUT2D eigenvalue weighted by atomic mass is 16.6. The van der Waals surface area contributed by atoms with E-state index in [9.17, 15) is 4.79 Å². The lowest BCUT2D eigenvalue weighted by molar-refractivity contribution is -0.109. The van der Waals surface area contributed by atoms with Crippen molar-refractivity contribution in [2.75, 3.05) is 20.2 Å². The van der Waals surface area contributed by atoms with Crippen LogP contribution in [0.4, 0.5) is 0 Å². The van der Waals surface area contributed by atoms with Crippen molar-refractivity contribution in [1.29, 1.82) is 0 Å². The largest absolute Gasteiger partial charge is 0.315 e. The third kappa shape index (κ3) is 6.27. The second-order valence-corrected chi connectivity index (χ2v) is 2.60. The van der Waals surface area contributed by atoms with Gasteiger partial charge in [-0.25, -0.2) is 0 Å². The van der Waals surface area contributed by atoms with Crippen LogP contribution < -0.4 is 10.8 Å². The average molecular weight is 174 g/mol. The van der Waals surface area contributed by atoms with Crippen molar-refractivity contribution in [3.8, 4) is 0 Å². The van der Waals surface area contributed by atoms with Gasteiger partial charge in [0.25, 0.3) is 0 Å². The van der Waals surface area contributed by atoms with Gasteiger partial charge in [0.1, 0.15) is 6.29 Å². The number of hydroxylamine groups is 1. The number of carbonyl (C=O) groups excluding carboxylic acids is 1. The zero-order valence-corrected chi connectivity index (χ0v) is 7.80. The van der Waals surface area contributed by atoms with Crippen molar-refractivity contribution in [1.82, 2.24) is 10.8 Å². The van der Waals surface area contributed by atoms with Crippen LogP contribution in [0.1, 0.15) is 19.8 Å². The Morgan fingerprint density at radius 2 is 2.33 bits per heavy atom. The minimum atomic E-state index is 0.253. The monoisotopic (exact) mass is 174 g/mol. The summed E-state index contributed by atoms with van der Waals surface area (Å²) in [4.78, 5) is 14.9. The first-order chi connectivity index (χ1) is 5.85. The van der Waals surface area contributed by atoms with Crippen LogP contribution in [-0.4, -0.2) is 32.5 Å². The average Bonchev–Trinajstić information content (AvgIpc) is 2.10. The van der Waals surface area contributed by atoms with Gasteiger partial charge in [0, 0.05) is 6.04 Å². The summed E-state index contributed by atoms with van der Waals surface area (Å²) >= 11 is 0. The molecule has 2 N–H and O–H groups in total. The molecule has 0 aromatic carbocycles. The molecule has 0 aromatic heterocycles. The quantitative estimate of drug-likeness (QED) is 0.311. The molecule has 0 aromatic rings. The number of rotatable bonds is 8. The first kappa shape index (κ1) is 11.6. The normalized spacial score (nSPS) is 12.8. The summed E-state index contributed by atoms with van der Waals surface area (Å²) in [5.74, 6) is 0. The Bertz CT molecular complexity index is 109. The maximum absolute atomic E-state index is 9.89. The number of hydrogen-bond donors (Lipinski definition) is 2. The summed E-state index contributed by atoms with van der Waals surface area (Å²) in [7, 11) is 1.91. The molecule has 0 spiro atoms. The molecular weight excluding hydrogens is 156 g/mol. The third-order valence-electron chi connectivity index (χ3n) is 1.60. The molecule has 0 aliphatic rings. The second kappa shape index (κ2) is 8.64. The molecule has 0 rings (SSSR count). The first-order valence-corrected chi connectivity index (χ1v) is 4.30. The molecule has 4 heteroatoms. The molecule has 1 atom stereocenters. The van der Waals surface area contributed by atoms with Gasteiger partial charge in [-0.1, -0.05) is 13.3 Å². The summed E-state index contributed by atoms with van der Waals surface area (Å²) in [6.45, 7) is 2.98. The van der Waals surface area contributed by atoms with Gasteiger partial charge >= 0.3 is 0 Å². The Balaban J connectivity index is 3.24. The molecule has 12 heavy (non-hydrogen) atoms. The molecular formula is C8H18N2O2. The highest BCUT2D eigenvalue weighted by molar-refractivity contribution is 5.51. The van der Waals surface area contributed by atoms with Crippen molar-refractivity contribution in [2.45, 2.75) is 25.8 Å². The van der Waals surface area contributed by atoms with E-state index < -0.39 is 0 Å². The Kier molecular flexibility index (Phi) is 8.32. The number of aldehydes is 1. The summed E-state index contributed by atoms with van der Waals surface area (Å²) in [5.41, 5.74) is 2.55. The van der Waals surface area contributed by atoms with Gasteiger partial charge in [-0.2, -0.15) is 5.48 Å². The molecule has 0 saturated heterocycles. The second-order valence-electron chi connectivity index (χ2n) is 2.60. The van der Waals surface area contributed by atoms with Crippen LogP contribution in [0, 0.1) is 0 Å². The lowest BCUT2D eigenvalue weighted by atomic mass is 10.2. The number of carbonyl (C=O) groups is 1. The Morgan fingerprint density at radius 1 is 1.58 bits per heavy atom. The van der Waals surface area contributed by atoms with E-state index in [-0.39, 0.29) is 6.54 Å². The Morgan fingerprint density at radius 3 is 2.83 bits per heavy atom. The van der Waals surface area contributed by atoms with E-state index in [4.69, 9.17) is 4.84 Å². The lowest BCUT2D eigenvalue weighted by Gasteiger charge is -2.14. The summed E-state index contributed by atoms with van der Waals surface area (Å²) in [6, 6.07) is 0.370. The van der Waals surface area contributed by atoms with E-state index >= 15 is 0 Å². The fourth-order valence-electron chi connectivity index (χ4n) is 0.912. The van der Waals surface area contributed by atoms with Gasteiger partial charge < -0.3 is 10.1 Å². The van der Waals surface area contributed by atoms with Gasteiger partial charge in [-0.15, -0.1) is 0 Å². The van der Waals surface area contributed by atoms with Crippen molar-refractivity contribution in [2.24, 2.45) is 0 Å². The SMILES string of the molecule is CCC[C@@H](CONCC=O)NC. The van der Waals surface area contributed by atoms with E-state index in [0.717, 1.165) is 19.1 Å². The number of likely N-dealkylation sites (N-methyl/N-ethyl adjacent to an activating group) is 1. The van der Waals surface area contributed by atoms with Crippen molar-refractivity contribution in [3.63, 3.8) is 0 Å². The van der Waals surface area contributed by atoms with Gasteiger partial charge in [-0.05, 0) is 13.5 Å². The number of hydrogen-bond acceptors (Lipinski definition) is 4. The molecule has 0 bridgehead atoms. The van der Waals surface area contributed by atoms with Crippen LogP contribution in [-0.2, 0) is 9.63 Å². The van der Waals surface area contributed by atoms with E-state index in [1.165, 1.54) is 0 Å². The molecule has 0 aliphatic heterocycles. The smallest absolute Gasteiger partial charge is 0.136 e. The predicted octanol–water partition coefficient (Wildman–Crippen LogP) is 0.0946. The predicted molar refractivity (Wildman–Crippen MR) is 47.8 cm³/mol. The minimum absolute atomic E-state index is 0.253. The molecule has 0 heterocycles. The molecule has 0 fully saturated rings. The molecule has 0 aliphatic carbocycles. The van der Waals surface area contributed by atoms with E-state index in [2.05, 4.69) is 17.7 Å². The molecule has 0 unspecified atom stereocenters. The highest BCUT2D eigenvalue weighted by Crippen LogP contribution is 1.94. The topological polar surface area (TPSA) is 50.4 Å². The van der Waals surface area contributed by atoms with Crippen LogP contribution in [0.25, 0.3) is 0 Å². The van der Waals surface area contributed by atoms with Crippen LogP contribution in [0.2, 0.25) is 0 Å². The lowest BCUT2D eigenvalue weighted by Crippen LogP contribution is -2.33.